The second kappa shape index (κ2) is 8.13. The van der Waals surface area contributed by atoms with Gasteiger partial charge in [0, 0.05) is 14.0 Å². The van der Waals surface area contributed by atoms with E-state index < -0.39 is 48.7 Å². The summed E-state index contributed by atoms with van der Waals surface area (Å²) in [6.07, 6.45) is -5.22. The number of carbonyl (C=O) groups excluding carboxylic acids is 2. The molecule has 1 aliphatic heterocycles. The Balaban J connectivity index is 2.13. The maximum absolute atomic E-state index is 15.0. The van der Waals surface area contributed by atoms with Crippen molar-refractivity contribution in [2.24, 2.45) is 0 Å². The van der Waals surface area contributed by atoms with Crippen molar-refractivity contribution in [1.29, 1.82) is 0 Å². The van der Waals surface area contributed by atoms with E-state index in [-0.39, 0.29) is 23.8 Å². The molecule has 2 aromatic rings. The molecule has 3 rings (SSSR count). The molecule has 3 heterocycles. The molecule has 0 saturated carbocycles. The standard InChI is InChI=1S/C16H20FN5O7/c1-7(23)28-12-11(17)9(4-10(24)27-3)29-14(12)22-13-8(5-19-15(18)20-13)21(6-26-2)16(22)25/h5,9,11-12,14H,4,6H2,1-3H3,(H2,18,19,20)/t9-,11-,12-,14-/m1/s1. The fraction of sp³-hybridized carbons (Fsp3) is 0.562. The van der Waals surface area contributed by atoms with Crippen molar-refractivity contribution in [3.8, 4) is 0 Å². The van der Waals surface area contributed by atoms with Crippen LogP contribution in [0.4, 0.5) is 10.3 Å². The van der Waals surface area contributed by atoms with Gasteiger partial charge in [-0.15, -0.1) is 0 Å². The summed E-state index contributed by atoms with van der Waals surface area (Å²) in [5.41, 5.74) is 5.26. The van der Waals surface area contributed by atoms with Crippen molar-refractivity contribution in [3.05, 3.63) is 16.7 Å². The molecule has 29 heavy (non-hydrogen) atoms. The number of fused-ring (bicyclic) bond motifs is 1. The van der Waals surface area contributed by atoms with Gasteiger partial charge < -0.3 is 24.7 Å². The van der Waals surface area contributed by atoms with Gasteiger partial charge in [0.1, 0.15) is 18.4 Å². The van der Waals surface area contributed by atoms with E-state index in [2.05, 4.69) is 14.7 Å². The van der Waals surface area contributed by atoms with Crippen LogP contribution in [0.25, 0.3) is 11.2 Å². The lowest BCUT2D eigenvalue weighted by molar-refractivity contribution is -0.154. The van der Waals surface area contributed by atoms with Gasteiger partial charge in [-0.25, -0.2) is 18.7 Å². The van der Waals surface area contributed by atoms with Gasteiger partial charge in [-0.05, 0) is 0 Å². The molecule has 2 N–H and O–H groups in total. The topological polar surface area (TPSA) is 150 Å². The Bertz CT molecular complexity index is 990. The zero-order valence-corrected chi connectivity index (χ0v) is 15.9. The van der Waals surface area contributed by atoms with Gasteiger partial charge in [-0.3, -0.25) is 14.2 Å². The first-order valence-electron chi connectivity index (χ1n) is 8.54. The third kappa shape index (κ3) is 3.78. The van der Waals surface area contributed by atoms with Gasteiger partial charge >= 0.3 is 17.6 Å². The number of anilines is 1. The number of nitrogen functional groups attached to an aromatic ring is 1. The summed E-state index contributed by atoms with van der Waals surface area (Å²) in [7, 11) is 2.53. The molecule has 0 spiro atoms. The molecule has 0 bridgehead atoms. The van der Waals surface area contributed by atoms with Crippen molar-refractivity contribution in [2.45, 2.75) is 44.7 Å². The molecule has 2 aromatic heterocycles. The number of alkyl halides is 1. The van der Waals surface area contributed by atoms with Crippen LogP contribution < -0.4 is 11.4 Å². The summed E-state index contributed by atoms with van der Waals surface area (Å²) < 4.78 is 37.4. The third-order valence-electron chi connectivity index (χ3n) is 4.40. The summed E-state index contributed by atoms with van der Waals surface area (Å²) in [6, 6.07) is 0. The molecule has 0 aromatic carbocycles. The maximum Gasteiger partial charge on any atom is 0.334 e. The number of esters is 2. The highest BCUT2D eigenvalue weighted by Gasteiger charge is 2.50. The SMILES string of the molecule is COCn1c(=O)n([C@@H]2O[C@H](CC(=O)OC)[C@@H](F)[C@H]2OC(C)=O)c2nc(N)ncc21. The van der Waals surface area contributed by atoms with E-state index in [1.54, 1.807) is 0 Å². The van der Waals surface area contributed by atoms with E-state index >= 15 is 0 Å². The van der Waals surface area contributed by atoms with Gasteiger partial charge in [0.2, 0.25) is 5.95 Å². The summed E-state index contributed by atoms with van der Waals surface area (Å²) in [4.78, 5) is 44.0. The van der Waals surface area contributed by atoms with Crippen molar-refractivity contribution in [2.75, 3.05) is 20.0 Å². The molecular weight excluding hydrogens is 393 g/mol. The molecule has 4 atom stereocenters. The van der Waals surface area contributed by atoms with Gasteiger partial charge in [-0.1, -0.05) is 0 Å². The number of imidazole rings is 1. The van der Waals surface area contributed by atoms with Crippen LogP contribution >= 0.6 is 0 Å². The lowest BCUT2D eigenvalue weighted by Gasteiger charge is -2.19. The molecule has 0 amide bonds. The minimum atomic E-state index is -1.89. The van der Waals surface area contributed by atoms with Crippen LogP contribution in [0.2, 0.25) is 0 Å². The Kier molecular flexibility index (Phi) is 5.79. The number of halogens is 1. The summed E-state index contributed by atoms with van der Waals surface area (Å²) >= 11 is 0. The largest absolute Gasteiger partial charge is 0.469 e. The number of rotatable bonds is 6. The number of ether oxygens (including phenoxy) is 4. The minimum Gasteiger partial charge on any atom is -0.469 e. The van der Waals surface area contributed by atoms with Gasteiger partial charge in [0.25, 0.3) is 0 Å². The number of nitrogens with two attached hydrogens (primary N) is 1. The van der Waals surface area contributed by atoms with Crippen LogP contribution in [0, 0.1) is 0 Å². The van der Waals surface area contributed by atoms with Crippen LogP contribution in [-0.4, -0.2) is 63.6 Å². The quantitative estimate of drug-likeness (QED) is 0.615. The van der Waals surface area contributed by atoms with Crippen LogP contribution in [-0.2, 0) is 35.3 Å². The zero-order valence-electron chi connectivity index (χ0n) is 15.9. The number of aromatic nitrogens is 4. The summed E-state index contributed by atoms with van der Waals surface area (Å²) in [5.74, 6) is -1.64. The van der Waals surface area contributed by atoms with Crippen molar-refractivity contribution < 1.29 is 32.9 Å². The van der Waals surface area contributed by atoms with E-state index in [9.17, 15) is 18.8 Å². The number of hydrogen-bond acceptors (Lipinski definition) is 10. The number of methoxy groups -OCH3 is 2. The normalized spacial score (nSPS) is 24.0. The van der Waals surface area contributed by atoms with Crippen LogP contribution in [0.5, 0.6) is 0 Å². The molecule has 1 saturated heterocycles. The highest BCUT2D eigenvalue weighted by Crippen LogP contribution is 2.36. The summed E-state index contributed by atoms with van der Waals surface area (Å²) in [5, 5.41) is 0. The third-order valence-corrected chi connectivity index (χ3v) is 4.40. The van der Waals surface area contributed by atoms with Crippen LogP contribution in [0.3, 0.4) is 0 Å². The Labute approximate surface area is 163 Å². The lowest BCUT2D eigenvalue weighted by Crippen LogP contribution is -2.37. The summed E-state index contributed by atoms with van der Waals surface area (Å²) in [6.45, 7) is 0.944. The molecule has 1 aliphatic rings. The molecule has 1 fully saturated rings. The second-order valence-electron chi connectivity index (χ2n) is 6.30. The first kappa shape index (κ1) is 20.7. The van der Waals surface area contributed by atoms with E-state index in [0.29, 0.717) is 0 Å². The first-order chi connectivity index (χ1) is 13.8. The second-order valence-corrected chi connectivity index (χ2v) is 6.30. The highest BCUT2D eigenvalue weighted by atomic mass is 19.1. The average molecular weight is 413 g/mol. The molecule has 158 valence electrons. The van der Waals surface area contributed by atoms with Gasteiger partial charge in [0.15, 0.2) is 24.2 Å². The fourth-order valence-electron chi connectivity index (χ4n) is 3.19. The monoisotopic (exact) mass is 413 g/mol. The Morgan fingerprint density at radius 1 is 1.38 bits per heavy atom. The van der Waals surface area contributed by atoms with Crippen LogP contribution in [0.15, 0.2) is 11.0 Å². The van der Waals surface area contributed by atoms with Crippen molar-refractivity contribution >= 4 is 29.1 Å². The average Bonchev–Trinajstić information content (AvgIpc) is 3.10. The van der Waals surface area contributed by atoms with Gasteiger partial charge in [0.05, 0.1) is 19.7 Å². The van der Waals surface area contributed by atoms with E-state index in [0.717, 1.165) is 18.6 Å². The predicted octanol–water partition coefficient (Wildman–Crippen LogP) is -0.491. The molecular formula is C16H20FN5O7. The minimum absolute atomic E-state index is 0.0348. The van der Waals surface area contributed by atoms with Crippen molar-refractivity contribution in [3.63, 3.8) is 0 Å². The zero-order chi connectivity index (χ0) is 21.3. The molecule has 13 heteroatoms. The highest BCUT2D eigenvalue weighted by molar-refractivity contribution is 5.72. The van der Waals surface area contributed by atoms with Gasteiger partial charge in [-0.2, -0.15) is 4.98 Å². The molecule has 12 nitrogen and oxygen atoms in total. The van der Waals surface area contributed by atoms with E-state index in [1.807, 2.05) is 0 Å². The Morgan fingerprint density at radius 2 is 2.10 bits per heavy atom. The maximum atomic E-state index is 15.0. The number of nitrogens with zero attached hydrogens (tertiary/aromatic N) is 4. The predicted molar refractivity (Wildman–Crippen MR) is 94.2 cm³/mol. The number of carbonyl (C=O) groups is 2. The smallest absolute Gasteiger partial charge is 0.334 e. The Morgan fingerprint density at radius 3 is 2.72 bits per heavy atom. The first-order valence-corrected chi connectivity index (χ1v) is 8.54. The molecule has 0 aliphatic carbocycles. The van der Waals surface area contributed by atoms with E-state index in [4.69, 9.17) is 19.9 Å². The molecule has 0 radical (unpaired) electrons. The lowest BCUT2D eigenvalue weighted by atomic mass is 10.1. The fourth-order valence-corrected chi connectivity index (χ4v) is 3.19. The molecule has 0 unspecified atom stereocenters. The Hall–Kier alpha value is -3.06. The van der Waals surface area contributed by atoms with E-state index in [1.165, 1.54) is 17.9 Å². The van der Waals surface area contributed by atoms with Crippen molar-refractivity contribution in [1.82, 2.24) is 19.1 Å². The number of hydrogen-bond donors (Lipinski definition) is 1. The van der Waals surface area contributed by atoms with Crippen LogP contribution in [0.1, 0.15) is 19.6 Å².